The number of benzene rings is 1. The van der Waals surface area contributed by atoms with E-state index in [2.05, 4.69) is 44.1 Å². The second-order valence-corrected chi connectivity index (χ2v) is 9.13. The van der Waals surface area contributed by atoms with Gasteiger partial charge in [-0.1, -0.05) is 18.2 Å². The Morgan fingerprint density at radius 3 is 2.63 bits per heavy atom. The quantitative estimate of drug-likeness (QED) is 0.797. The maximum absolute atomic E-state index is 12.9. The van der Waals surface area contributed by atoms with Crippen molar-refractivity contribution in [3.63, 3.8) is 0 Å². The van der Waals surface area contributed by atoms with Gasteiger partial charge in [-0.15, -0.1) is 0 Å². The van der Waals surface area contributed by atoms with Crippen molar-refractivity contribution in [3.8, 4) is 0 Å². The van der Waals surface area contributed by atoms with Crippen molar-refractivity contribution in [1.82, 2.24) is 19.7 Å². The Hall–Kier alpha value is -2.34. The molecule has 0 aliphatic carbocycles. The first-order valence-electron chi connectivity index (χ1n) is 11.4. The van der Waals surface area contributed by atoms with Crippen LogP contribution in [0.5, 0.6) is 0 Å². The fourth-order valence-corrected chi connectivity index (χ4v) is 4.94. The Kier molecular flexibility index (Phi) is 6.42. The minimum Gasteiger partial charge on any atom is -0.352 e. The van der Waals surface area contributed by atoms with Crippen LogP contribution in [0, 0.1) is 5.92 Å². The van der Waals surface area contributed by atoms with Gasteiger partial charge in [0.15, 0.2) is 0 Å². The number of carbonyl (C=O) groups excluding carboxylic acids is 2. The third-order valence-corrected chi connectivity index (χ3v) is 6.30. The standard InChI is InChI=1S/C24H34N4O2/c1-18(2)25-23(29)17-28-16-20(21-9-3-4-10-22(21)28)15-26-11-7-8-19(14-26)24(30)27-12-5-6-13-27/h3-4,9-10,16,18-19H,5-8,11-15,17H2,1-2H3,(H,25,29). The number of nitrogens with zero attached hydrogens (tertiary/aromatic N) is 3. The van der Waals surface area contributed by atoms with E-state index in [0.29, 0.717) is 12.5 Å². The van der Waals surface area contributed by atoms with Crippen LogP contribution in [0.15, 0.2) is 30.5 Å². The van der Waals surface area contributed by atoms with E-state index in [1.165, 1.54) is 10.9 Å². The summed E-state index contributed by atoms with van der Waals surface area (Å²) in [6, 6.07) is 8.43. The summed E-state index contributed by atoms with van der Waals surface area (Å²) in [6.07, 6.45) is 6.48. The third kappa shape index (κ3) is 4.69. The summed E-state index contributed by atoms with van der Waals surface area (Å²) >= 11 is 0. The summed E-state index contributed by atoms with van der Waals surface area (Å²) in [5.41, 5.74) is 2.32. The SMILES string of the molecule is CC(C)NC(=O)Cn1cc(CN2CCCC(C(=O)N3CCCC3)C2)c2ccccc21. The van der Waals surface area contributed by atoms with Crippen LogP contribution in [0.1, 0.15) is 45.1 Å². The molecule has 1 atom stereocenters. The summed E-state index contributed by atoms with van der Waals surface area (Å²) in [6.45, 7) is 8.83. The monoisotopic (exact) mass is 410 g/mol. The van der Waals surface area contributed by atoms with Gasteiger partial charge in [0.2, 0.25) is 11.8 Å². The van der Waals surface area contributed by atoms with Gasteiger partial charge in [-0.2, -0.15) is 0 Å². The largest absolute Gasteiger partial charge is 0.352 e. The molecule has 162 valence electrons. The summed E-state index contributed by atoms with van der Waals surface area (Å²) < 4.78 is 2.05. The van der Waals surface area contributed by atoms with Crippen molar-refractivity contribution in [1.29, 1.82) is 0 Å². The minimum absolute atomic E-state index is 0.0338. The van der Waals surface area contributed by atoms with Gasteiger partial charge in [0.1, 0.15) is 6.54 Å². The average Bonchev–Trinajstić information content (AvgIpc) is 3.37. The van der Waals surface area contributed by atoms with Gasteiger partial charge in [0.25, 0.3) is 0 Å². The zero-order valence-electron chi connectivity index (χ0n) is 18.3. The summed E-state index contributed by atoms with van der Waals surface area (Å²) in [5.74, 6) is 0.513. The number of rotatable bonds is 6. The number of carbonyl (C=O) groups is 2. The number of hydrogen-bond donors (Lipinski definition) is 1. The van der Waals surface area contributed by atoms with Crippen molar-refractivity contribution in [2.45, 2.75) is 58.7 Å². The second-order valence-electron chi connectivity index (χ2n) is 9.13. The van der Waals surface area contributed by atoms with Crippen molar-refractivity contribution in [3.05, 3.63) is 36.0 Å². The van der Waals surface area contributed by atoms with Crippen molar-refractivity contribution in [2.24, 2.45) is 5.92 Å². The lowest BCUT2D eigenvalue weighted by Gasteiger charge is -2.33. The maximum atomic E-state index is 12.9. The lowest BCUT2D eigenvalue weighted by molar-refractivity contribution is -0.136. The number of likely N-dealkylation sites (tertiary alicyclic amines) is 2. The predicted molar refractivity (Wildman–Crippen MR) is 119 cm³/mol. The summed E-state index contributed by atoms with van der Waals surface area (Å²) in [7, 11) is 0. The van der Waals surface area contributed by atoms with Gasteiger partial charge in [-0.3, -0.25) is 14.5 Å². The molecular formula is C24H34N4O2. The zero-order chi connectivity index (χ0) is 21.1. The number of aromatic nitrogens is 1. The molecule has 2 amide bonds. The molecule has 1 aromatic carbocycles. The van der Waals surface area contributed by atoms with E-state index >= 15 is 0 Å². The first-order chi connectivity index (χ1) is 14.5. The van der Waals surface area contributed by atoms with Gasteiger partial charge in [-0.25, -0.2) is 0 Å². The smallest absolute Gasteiger partial charge is 0.240 e. The van der Waals surface area contributed by atoms with Crippen LogP contribution in [-0.2, 0) is 22.7 Å². The molecule has 0 saturated carbocycles. The summed E-state index contributed by atoms with van der Waals surface area (Å²) in [4.78, 5) is 29.7. The highest BCUT2D eigenvalue weighted by Crippen LogP contribution is 2.26. The zero-order valence-corrected chi connectivity index (χ0v) is 18.3. The number of nitrogens with one attached hydrogen (secondary N) is 1. The van der Waals surface area contributed by atoms with Crippen LogP contribution < -0.4 is 5.32 Å². The fraction of sp³-hybridized carbons (Fsp3) is 0.583. The molecule has 1 unspecified atom stereocenters. The van der Waals surface area contributed by atoms with E-state index in [1.807, 2.05) is 19.9 Å². The van der Waals surface area contributed by atoms with E-state index in [9.17, 15) is 9.59 Å². The van der Waals surface area contributed by atoms with Crippen LogP contribution in [0.2, 0.25) is 0 Å². The van der Waals surface area contributed by atoms with E-state index in [-0.39, 0.29) is 17.9 Å². The molecular weight excluding hydrogens is 376 g/mol. The predicted octanol–water partition coefficient (Wildman–Crippen LogP) is 3.00. The number of amides is 2. The lowest BCUT2D eigenvalue weighted by Crippen LogP contribution is -2.43. The Morgan fingerprint density at radius 2 is 1.87 bits per heavy atom. The number of fused-ring (bicyclic) bond motifs is 1. The van der Waals surface area contributed by atoms with E-state index < -0.39 is 0 Å². The molecule has 0 bridgehead atoms. The van der Waals surface area contributed by atoms with Gasteiger partial charge in [0, 0.05) is 49.3 Å². The van der Waals surface area contributed by atoms with Crippen LogP contribution >= 0.6 is 0 Å². The topological polar surface area (TPSA) is 57.6 Å². The van der Waals surface area contributed by atoms with Crippen LogP contribution in [0.4, 0.5) is 0 Å². The molecule has 1 aromatic heterocycles. The van der Waals surface area contributed by atoms with Crippen molar-refractivity contribution in [2.75, 3.05) is 26.2 Å². The van der Waals surface area contributed by atoms with Gasteiger partial charge < -0.3 is 14.8 Å². The highest BCUT2D eigenvalue weighted by molar-refractivity contribution is 5.86. The molecule has 2 aliphatic heterocycles. The Labute approximate surface area is 179 Å². The van der Waals surface area contributed by atoms with Gasteiger partial charge in [-0.05, 0) is 57.7 Å². The van der Waals surface area contributed by atoms with Crippen molar-refractivity contribution >= 4 is 22.7 Å². The molecule has 0 radical (unpaired) electrons. The third-order valence-electron chi connectivity index (χ3n) is 6.30. The first kappa shape index (κ1) is 20.9. The Balaban J connectivity index is 1.48. The molecule has 0 spiro atoms. The van der Waals surface area contributed by atoms with Gasteiger partial charge >= 0.3 is 0 Å². The minimum atomic E-state index is 0.0338. The number of piperidine rings is 1. The van der Waals surface area contributed by atoms with E-state index in [0.717, 1.165) is 63.9 Å². The van der Waals surface area contributed by atoms with E-state index in [4.69, 9.17) is 0 Å². The number of para-hydroxylation sites is 1. The number of hydrogen-bond acceptors (Lipinski definition) is 3. The molecule has 3 heterocycles. The molecule has 4 rings (SSSR count). The molecule has 6 heteroatoms. The maximum Gasteiger partial charge on any atom is 0.240 e. The first-order valence-corrected chi connectivity index (χ1v) is 11.4. The van der Waals surface area contributed by atoms with Crippen LogP contribution in [0.25, 0.3) is 10.9 Å². The fourth-order valence-electron chi connectivity index (χ4n) is 4.94. The highest BCUT2D eigenvalue weighted by atomic mass is 16.2. The van der Waals surface area contributed by atoms with E-state index in [1.54, 1.807) is 0 Å². The average molecular weight is 411 g/mol. The van der Waals surface area contributed by atoms with Crippen LogP contribution in [0.3, 0.4) is 0 Å². The Bertz CT molecular complexity index is 898. The van der Waals surface area contributed by atoms with Gasteiger partial charge in [0.05, 0.1) is 5.92 Å². The molecule has 2 saturated heterocycles. The normalized spacial score (nSPS) is 20.2. The molecule has 1 N–H and O–H groups in total. The van der Waals surface area contributed by atoms with Crippen LogP contribution in [-0.4, -0.2) is 58.4 Å². The molecule has 2 fully saturated rings. The lowest BCUT2D eigenvalue weighted by atomic mass is 9.96. The summed E-state index contributed by atoms with van der Waals surface area (Å²) in [5, 5.41) is 4.18. The van der Waals surface area contributed by atoms with Crippen molar-refractivity contribution < 1.29 is 9.59 Å². The molecule has 2 aromatic rings. The molecule has 2 aliphatic rings. The molecule has 30 heavy (non-hydrogen) atoms. The Morgan fingerprint density at radius 1 is 1.10 bits per heavy atom. The highest BCUT2D eigenvalue weighted by Gasteiger charge is 2.30. The second kappa shape index (κ2) is 9.21. The molecule has 6 nitrogen and oxygen atoms in total.